The Labute approximate surface area is 218 Å². The molecular weight excluding hydrogens is 460 g/mol. The van der Waals surface area contributed by atoms with Gasteiger partial charge in [-0.1, -0.05) is 30.3 Å². The summed E-state index contributed by atoms with van der Waals surface area (Å²) < 4.78 is 2.24. The molecule has 7 nitrogen and oxygen atoms in total. The molecule has 1 saturated heterocycles. The molecule has 4 heterocycles. The van der Waals surface area contributed by atoms with Gasteiger partial charge in [-0.15, -0.1) is 0 Å². The van der Waals surface area contributed by atoms with Crippen LogP contribution < -0.4 is 5.32 Å². The van der Waals surface area contributed by atoms with Gasteiger partial charge in [0.05, 0.1) is 36.1 Å². The second kappa shape index (κ2) is 11.0. The van der Waals surface area contributed by atoms with Crippen molar-refractivity contribution < 1.29 is 5.11 Å². The molecule has 0 amide bonds. The van der Waals surface area contributed by atoms with Crippen LogP contribution in [0.4, 0.5) is 0 Å². The lowest BCUT2D eigenvalue weighted by atomic mass is 9.91. The Hall–Kier alpha value is -3.26. The second-order valence-electron chi connectivity index (χ2n) is 10.1. The first-order chi connectivity index (χ1) is 18.3. The third kappa shape index (κ3) is 4.87. The molecule has 1 atom stereocenters. The molecule has 4 aromatic rings. The molecule has 37 heavy (non-hydrogen) atoms. The van der Waals surface area contributed by atoms with E-state index in [-0.39, 0.29) is 12.6 Å². The normalized spacial score (nSPS) is 18.6. The monoisotopic (exact) mass is 496 g/mol. The van der Waals surface area contributed by atoms with Gasteiger partial charge in [0.15, 0.2) is 0 Å². The summed E-state index contributed by atoms with van der Waals surface area (Å²) in [5, 5.41) is 15.7. The van der Waals surface area contributed by atoms with E-state index in [2.05, 4.69) is 74.4 Å². The molecule has 0 spiro atoms. The van der Waals surface area contributed by atoms with Gasteiger partial charge < -0.3 is 19.9 Å². The summed E-state index contributed by atoms with van der Waals surface area (Å²) in [6.07, 6.45) is 11.8. The van der Waals surface area contributed by atoms with E-state index in [0.29, 0.717) is 13.1 Å². The zero-order chi connectivity index (χ0) is 25.0. The Morgan fingerprint density at radius 1 is 1.03 bits per heavy atom. The Morgan fingerprint density at radius 3 is 2.81 bits per heavy atom. The molecule has 192 valence electrons. The molecule has 1 aliphatic carbocycles. The van der Waals surface area contributed by atoms with Crippen LogP contribution in [0, 0.1) is 0 Å². The summed E-state index contributed by atoms with van der Waals surface area (Å²) in [6, 6.07) is 15.1. The highest BCUT2D eigenvalue weighted by Crippen LogP contribution is 2.36. The lowest BCUT2D eigenvalue weighted by molar-refractivity contribution is 0.232. The number of hydrogen-bond acceptors (Lipinski definition) is 6. The topological polar surface area (TPSA) is 69.5 Å². The molecule has 2 aliphatic rings. The summed E-state index contributed by atoms with van der Waals surface area (Å²) in [5.41, 5.74) is 5.86. The van der Waals surface area contributed by atoms with E-state index in [0.717, 1.165) is 68.7 Å². The van der Waals surface area contributed by atoms with Gasteiger partial charge in [0.2, 0.25) is 0 Å². The number of nitrogens with zero attached hydrogens (tertiary/aromatic N) is 5. The summed E-state index contributed by atoms with van der Waals surface area (Å²) in [7, 11) is 0. The summed E-state index contributed by atoms with van der Waals surface area (Å²) in [6.45, 7) is 6.56. The van der Waals surface area contributed by atoms with Crippen molar-refractivity contribution in [1.29, 1.82) is 0 Å². The van der Waals surface area contributed by atoms with Gasteiger partial charge in [0, 0.05) is 68.0 Å². The van der Waals surface area contributed by atoms with Crippen LogP contribution in [0.1, 0.15) is 35.8 Å². The maximum Gasteiger partial charge on any atom is 0.0839 e. The van der Waals surface area contributed by atoms with Gasteiger partial charge in [-0.3, -0.25) is 14.9 Å². The number of rotatable bonds is 8. The fraction of sp³-hybridized carbons (Fsp3) is 0.400. The minimum atomic E-state index is 0.0936. The van der Waals surface area contributed by atoms with E-state index in [1.165, 1.54) is 22.0 Å². The first-order valence-electron chi connectivity index (χ1n) is 13.6. The fourth-order valence-electron chi connectivity index (χ4n) is 6.09. The molecule has 3 aromatic heterocycles. The van der Waals surface area contributed by atoms with Gasteiger partial charge in [-0.05, 0) is 49.2 Å². The zero-order valence-electron chi connectivity index (χ0n) is 21.4. The van der Waals surface area contributed by atoms with Crippen molar-refractivity contribution in [1.82, 2.24) is 29.7 Å². The third-order valence-electron chi connectivity index (χ3n) is 7.85. The number of aryl methyl sites for hydroxylation is 1. The highest BCUT2D eigenvalue weighted by Gasteiger charge is 2.27. The number of para-hydroxylation sites is 1. The lowest BCUT2D eigenvalue weighted by Gasteiger charge is -2.34. The third-order valence-corrected chi connectivity index (χ3v) is 7.85. The minimum Gasteiger partial charge on any atom is -0.395 e. The van der Waals surface area contributed by atoms with Gasteiger partial charge >= 0.3 is 0 Å². The molecule has 2 N–H and O–H groups in total. The number of pyridine rings is 2. The number of aromatic nitrogens is 3. The van der Waals surface area contributed by atoms with Gasteiger partial charge in [-0.2, -0.15) is 0 Å². The van der Waals surface area contributed by atoms with E-state index in [1.54, 1.807) is 0 Å². The second-order valence-corrected chi connectivity index (χ2v) is 10.1. The van der Waals surface area contributed by atoms with Crippen molar-refractivity contribution >= 4 is 21.8 Å². The number of benzene rings is 1. The summed E-state index contributed by atoms with van der Waals surface area (Å²) >= 11 is 0. The number of hydrogen-bond donors (Lipinski definition) is 2. The van der Waals surface area contributed by atoms with Crippen LogP contribution in [0.3, 0.4) is 0 Å². The average molecular weight is 497 g/mol. The van der Waals surface area contributed by atoms with Crippen molar-refractivity contribution in [3.05, 3.63) is 84.1 Å². The van der Waals surface area contributed by atoms with Crippen molar-refractivity contribution in [2.45, 2.75) is 38.4 Å². The molecule has 1 aliphatic heterocycles. The predicted octanol–water partition coefficient (Wildman–Crippen LogP) is 3.88. The molecule has 0 bridgehead atoms. The van der Waals surface area contributed by atoms with Crippen molar-refractivity contribution in [3.63, 3.8) is 0 Å². The maximum atomic E-state index is 9.90. The molecule has 1 aromatic carbocycles. The lowest BCUT2D eigenvalue weighted by Crippen LogP contribution is -2.43. The van der Waals surface area contributed by atoms with Crippen LogP contribution >= 0.6 is 0 Å². The molecule has 6 rings (SSSR count). The van der Waals surface area contributed by atoms with Crippen LogP contribution in [-0.2, 0) is 19.5 Å². The van der Waals surface area contributed by atoms with Crippen LogP contribution in [0.15, 0.2) is 67.1 Å². The first kappa shape index (κ1) is 24.1. The van der Waals surface area contributed by atoms with E-state index < -0.39 is 0 Å². The van der Waals surface area contributed by atoms with Crippen LogP contribution in [0.2, 0.25) is 0 Å². The van der Waals surface area contributed by atoms with Gasteiger partial charge in [0.25, 0.3) is 0 Å². The Kier molecular flexibility index (Phi) is 7.17. The average Bonchev–Trinajstić information content (AvgIpc) is 3.27. The highest BCUT2D eigenvalue weighted by molar-refractivity contribution is 6.08. The van der Waals surface area contributed by atoms with Crippen LogP contribution in [-0.4, -0.2) is 68.8 Å². The van der Waals surface area contributed by atoms with E-state index in [1.807, 2.05) is 12.4 Å². The number of aliphatic hydroxyl groups is 1. The zero-order valence-corrected chi connectivity index (χ0v) is 21.4. The standard InChI is InChI=1S/C30H36N6O/c37-21-20-36-27-9-2-1-8-24(27)25-11-13-32-26(30(25)36)22-35(17-5-16-34-18-14-31-15-19-34)28-10-3-6-23-7-4-12-33-29(23)28/h1-2,4-5,7-9,11-13,17,28,31,37H,3,6,10,14-16,18-22H2/b17-5+/t28-/m0/s1. The van der Waals surface area contributed by atoms with Gasteiger partial charge in [0.1, 0.15) is 0 Å². The largest absolute Gasteiger partial charge is 0.395 e. The molecule has 0 unspecified atom stereocenters. The highest BCUT2D eigenvalue weighted by atomic mass is 16.3. The maximum absolute atomic E-state index is 9.90. The Balaban J connectivity index is 1.39. The van der Waals surface area contributed by atoms with Crippen molar-refractivity contribution in [2.24, 2.45) is 0 Å². The molecule has 1 fully saturated rings. The summed E-state index contributed by atoms with van der Waals surface area (Å²) in [4.78, 5) is 14.7. The van der Waals surface area contributed by atoms with E-state index in [9.17, 15) is 5.11 Å². The predicted molar refractivity (Wildman–Crippen MR) is 148 cm³/mol. The number of piperazine rings is 1. The molecule has 7 heteroatoms. The van der Waals surface area contributed by atoms with Crippen LogP contribution in [0.25, 0.3) is 21.8 Å². The molecule has 0 radical (unpaired) electrons. The number of nitrogens with one attached hydrogen (secondary N) is 1. The van der Waals surface area contributed by atoms with Crippen molar-refractivity contribution in [2.75, 3.05) is 39.3 Å². The smallest absolute Gasteiger partial charge is 0.0839 e. The van der Waals surface area contributed by atoms with Gasteiger partial charge in [-0.25, -0.2) is 0 Å². The first-order valence-corrected chi connectivity index (χ1v) is 13.6. The fourth-order valence-corrected chi connectivity index (χ4v) is 6.09. The van der Waals surface area contributed by atoms with E-state index >= 15 is 0 Å². The van der Waals surface area contributed by atoms with Crippen molar-refractivity contribution in [3.8, 4) is 0 Å². The molecule has 0 saturated carbocycles. The quantitative estimate of drug-likeness (QED) is 0.386. The summed E-state index contributed by atoms with van der Waals surface area (Å²) in [5.74, 6) is 0. The minimum absolute atomic E-state index is 0.0936. The molecular formula is C30H36N6O. The Morgan fingerprint density at radius 2 is 1.92 bits per heavy atom. The Bertz CT molecular complexity index is 1390. The SMILES string of the molecule is OCCn1c2ccccc2c2ccnc(CN(/C=C/CN3CCNCC3)[C@H]3CCCc4cccnc43)c21. The van der Waals surface area contributed by atoms with Crippen LogP contribution in [0.5, 0.6) is 0 Å². The number of aliphatic hydroxyl groups excluding tert-OH is 1. The van der Waals surface area contributed by atoms with E-state index in [4.69, 9.17) is 9.97 Å². The number of fused-ring (bicyclic) bond motifs is 4.